The summed E-state index contributed by atoms with van der Waals surface area (Å²) < 4.78 is 0. The molecule has 27 heavy (non-hydrogen) atoms. The number of unbranched alkanes of at least 4 members (excludes halogenated alkanes) is 1. The zero-order valence-corrected chi connectivity index (χ0v) is 16.1. The average molecular weight is 381 g/mol. The number of nitrogens with two attached hydrogens (primary N) is 1. The molecule has 0 amide bonds. The molecule has 0 aliphatic rings. The Labute approximate surface area is 163 Å². The lowest BCUT2D eigenvalue weighted by Gasteiger charge is -2.13. The molecule has 0 saturated heterocycles. The number of aromatic nitrogens is 3. The van der Waals surface area contributed by atoms with Crippen molar-refractivity contribution in [1.29, 1.82) is 0 Å². The maximum absolute atomic E-state index is 12.4. The average Bonchev–Trinajstić information content (AvgIpc) is 3.22. The van der Waals surface area contributed by atoms with E-state index in [2.05, 4.69) is 15.2 Å². The lowest BCUT2D eigenvalue weighted by molar-refractivity contribution is 0.0976. The maximum Gasteiger partial charge on any atom is 0.164 e. The number of ketones is 1. The van der Waals surface area contributed by atoms with Gasteiger partial charge in [0.05, 0.1) is 0 Å². The van der Waals surface area contributed by atoms with Crippen LogP contribution in [-0.4, -0.2) is 27.5 Å². The number of carbonyl (C=O) groups is 1. The van der Waals surface area contributed by atoms with Gasteiger partial charge >= 0.3 is 0 Å². The van der Waals surface area contributed by atoms with E-state index < -0.39 is 0 Å². The Balaban J connectivity index is 1.69. The van der Waals surface area contributed by atoms with E-state index in [1.54, 1.807) is 29.8 Å². The largest absolute Gasteiger partial charge is 0.330 e. The molecule has 3 rings (SSSR count). The van der Waals surface area contributed by atoms with Gasteiger partial charge in [0.1, 0.15) is 10.0 Å². The Hall–Kier alpha value is -2.44. The lowest BCUT2D eigenvalue weighted by atomic mass is 9.95. The molecule has 5 nitrogen and oxygen atoms in total. The number of carbonyl (C=O) groups excluding carboxylic acids is 1. The third-order valence-corrected chi connectivity index (χ3v) is 5.66. The van der Waals surface area contributed by atoms with E-state index in [9.17, 15) is 4.79 Å². The lowest BCUT2D eigenvalue weighted by Crippen LogP contribution is -2.06. The maximum atomic E-state index is 12.4. The van der Waals surface area contributed by atoms with Crippen LogP contribution in [0.1, 0.15) is 53.4 Å². The molecule has 0 aliphatic carbocycles. The van der Waals surface area contributed by atoms with E-state index in [4.69, 9.17) is 5.73 Å². The van der Waals surface area contributed by atoms with E-state index in [-0.39, 0.29) is 11.7 Å². The van der Waals surface area contributed by atoms with Crippen LogP contribution in [-0.2, 0) is 0 Å². The minimum atomic E-state index is 0.125. The molecule has 2 heterocycles. The Bertz CT molecular complexity index is 836. The van der Waals surface area contributed by atoms with Crippen molar-refractivity contribution in [3.8, 4) is 10.6 Å². The van der Waals surface area contributed by atoms with Crippen LogP contribution in [0.3, 0.4) is 0 Å². The van der Waals surface area contributed by atoms with Gasteiger partial charge in [0.25, 0.3) is 0 Å². The number of rotatable bonds is 10. The number of benzene rings is 1. The summed E-state index contributed by atoms with van der Waals surface area (Å²) in [6.45, 7) is 0.687. The molecule has 0 aliphatic heterocycles. The van der Waals surface area contributed by atoms with Gasteiger partial charge in [-0.15, -0.1) is 10.2 Å². The summed E-state index contributed by atoms with van der Waals surface area (Å²) in [4.78, 5) is 16.5. The predicted molar refractivity (Wildman–Crippen MR) is 109 cm³/mol. The fourth-order valence-electron chi connectivity index (χ4n) is 3.00. The van der Waals surface area contributed by atoms with Crippen molar-refractivity contribution in [1.82, 2.24) is 15.2 Å². The molecule has 0 saturated carbocycles. The summed E-state index contributed by atoms with van der Waals surface area (Å²) in [5, 5.41) is 10.7. The van der Waals surface area contributed by atoms with E-state index in [0.717, 1.165) is 41.3 Å². The highest BCUT2D eigenvalue weighted by Gasteiger charge is 2.19. The van der Waals surface area contributed by atoms with Crippen LogP contribution < -0.4 is 5.73 Å². The Morgan fingerprint density at radius 1 is 1.04 bits per heavy atom. The van der Waals surface area contributed by atoms with E-state index in [1.165, 1.54) is 0 Å². The zero-order chi connectivity index (χ0) is 18.9. The first-order chi connectivity index (χ1) is 13.3. The summed E-state index contributed by atoms with van der Waals surface area (Å²) in [7, 11) is 0. The normalized spacial score (nSPS) is 12.0. The topological polar surface area (TPSA) is 81.8 Å². The summed E-state index contributed by atoms with van der Waals surface area (Å²) in [5.74, 6) is 0.354. The van der Waals surface area contributed by atoms with E-state index in [1.807, 2.05) is 36.4 Å². The molecule has 2 aromatic heterocycles. The Morgan fingerprint density at radius 2 is 1.89 bits per heavy atom. The van der Waals surface area contributed by atoms with Gasteiger partial charge in [-0.2, -0.15) is 0 Å². The van der Waals surface area contributed by atoms with Crippen molar-refractivity contribution >= 4 is 17.1 Å². The first-order valence-corrected chi connectivity index (χ1v) is 10.1. The predicted octanol–water partition coefficient (Wildman–Crippen LogP) is 4.48. The Morgan fingerprint density at radius 3 is 2.63 bits per heavy atom. The molecule has 1 aromatic carbocycles. The SMILES string of the molecule is NCCCC[C@H](CCC(=O)c1cccnc1)c1nnc(-c2ccccc2)s1. The van der Waals surface area contributed by atoms with Gasteiger partial charge in [0.15, 0.2) is 5.78 Å². The second-order valence-corrected chi connectivity index (χ2v) is 7.51. The third kappa shape index (κ3) is 5.52. The van der Waals surface area contributed by atoms with Crippen molar-refractivity contribution < 1.29 is 4.79 Å². The van der Waals surface area contributed by atoms with E-state index in [0.29, 0.717) is 18.5 Å². The fourth-order valence-corrected chi connectivity index (χ4v) is 4.02. The molecule has 0 unspecified atom stereocenters. The summed E-state index contributed by atoms with van der Waals surface area (Å²) in [6, 6.07) is 13.7. The smallest absolute Gasteiger partial charge is 0.164 e. The van der Waals surface area contributed by atoms with Gasteiger partial charge in [-0.05, 0) is 37.9 Å². The van der Waals surface area contributed by atoms with Gasteiger partial charge in [-0.25, -0.2) is 0 Å². The first-order valence-electron chi connectivity index (χ1n) is 9.30. The Kier molecular flexibility index (Phi) is 7.19. The second-order valence-electron chi connectivity index (χ2n) is 6.50. The third-order valence-electron chi connectivity index (χ3n) is 4.52. The highest BCUT2D eigenvalue weighted by atomic mass is 32.1. The van der Waals surface area contributed by atoms with Crippen molar-refractivity contribution in [2.24, 2.45) is 5.73 Å². The van der Waals surface area contributed by atoms with Crippen molar-refractivity contribution in [2.45, 2.75) is 38.0 Å². The number of nitrogens with zero attached hydrogens (tertiary/aromatic N) is 3. The van der Waals surface area contributed by atoms with Crippen LogP contribution in [0.25, 0.3) is 10.6 Å². The van der Waals surface area contributed by atoms with Crippen LogP contribution >= 0.6 is 11.3 Å². The molecule has 0 spiro atoms. The van der Waals surface area contributed by atoms with Gasteiger partial charge in [0, 0.05) is 35.9 Å². The second kappa shape index (κ2) is 10.0. The minimum absolute atomic E-state index is 0.125. The summed E-state index contributed by atoms with van der Waals surface area (Å²) in [6.07, 6.45) is 7.55. The number of hydrogen-bond acceptors (Lipinski definition) is 6. The summed E-state index contributed by atoms with van der Waals surface area (Å²) in [5.41, 5.74) is 7.39. The standard InChI is InChI=1S/C21H24N4OS/c22-13-5-4-9-17(11-12-19(26)18-10-6-14-23-15-18)21-25-24-20(27-21)16-7-2-1-3-8-16/h1-3,6-8,10,14-15,17H,4-5,9,11-13,22H2/t17-/m1/s1. The van der Waals surface area contributed by atoms with Crippen LogP contribution in [0.4, 0.5) is 0 Å². The zero-order valence-electron chi connectivity index (χ0n) is 15.3. The quantitative estimate of drug-likeness (QED) is 0.414. The highest BCUT2D eigenvalue weighted by molar-refractivity contribution is 7.14. The van der Waals surface area contributed by atoms with Crippen LogP contribution in [0.5, 0.6) is 0 Å². The molecule has 0 bridgehead atoms. The van der Waals surface area contributed by atoms with E-state index >= 15 is 0 Å². The monoisotopic (exact) mass is 380 g/mol. The molecule has 6 heteroatoms. The molecule has 3 aromatic rings. The van der Waals surface area contributed by atoms with Crippen molar-refractivity contribution in [2.75, 3.05) is 6.54 Å². The molecule has 0 radical (unpaired) electrons. The van der Waals surface area contributed by atoms with Crippen LogP contribution in [0.15, 0.2) is 54.9 Å². The van der Waals surface area contributed by atoms with Crippen molar-refractivity contribution in [3.05, 3.63) is 65.4 Å². The molecule has 1 atom stereocenters. The first kappa shape index (κ1) is 19.3. The molecule has 0 fully saturated rings. The minimum Gasteiger partial charge on any atom is -0.330 e. The van der Waals surface area contributed by atoms with Gasteiger partial charge < -0.3 is 5.73 Å². The molecule has 140 valence electrons. The molecular formula is C21H24N4OS. The number of Topliss-reactive ketones (excluding diaryl/α,β-unsaturated/α-hetero) is 1. The molecular weight excluding hydrogens is 356 g/mol. The molecule has 2 N–H and O–H groups in total. The fraction of sp³-hybridized carbons (Fsp3) is 0.333. The highest BCUT2D eigenvalue weighted by Crippen LogP contribution is 2.33. The van der Waals surface area contributed by atoms with Gasteiger partial charge in [-0.1, -0.05) is 48.1 Å². The summed E-state index contributed by atoms with van der Waals surface area (Å²) >= 11 is 1.62. The van der Waals surface area contributed by atoms with Crippen LogP contribution in [0.2, 0.25) is 0 Å². The number of hydrogen-bond donors (Lipinski definition) is 1. The number of pyridine rings is 1. The van der Waals surface area contributed by atoms with Gasteiger partial charge in [0.2, 0.25) is 0 Å². The van der Waals surface area contributed by atoms with Crippen LogP contribution in [0, 0.1) is 0 Å². The van der Waals surface area contributed by atoms with Crippen molar-refractivity contribution in [3.63, 3.8) is 0 Å². The van der Waals surface area contributed by atoms with Gasteiger partial charge in [-0.3, -0.25) is 9.78 Å².